The van der Waals surface area contributed by atoms with Crippen molar-refractivity contribution in [2.75, 3.05) is 40.9 Å². The van der Waals surface area contributed by atoms with Gasteiger partial charge in [-0.15, -0.1) is 0 Å². The lowest BCUT2D eigenvalue weighted by molar-refractivity contribution is -0.870. The van der Waals surface area contributed by atoms with Crippen molar-refractivity contribution in [3.8, 4) is 0 Å². The van der Waals surface area contributed by atoms with Gasteiger partial charge in [0.05, 0.1) is 39.9 Å². The molecule has 0 aromatic rings. The number of unbranched alkanes of at least 4 members (excludes halogenated alkanes) is 24. The fourth-order valence-electron chi connectivity index (χ4n) is 8.39. The first kappa shape index (κ1) is 72.9. The average Bonchev–Trinajstić information content (AvgIpc) is 3.38. The average molecular weight is 1080 g/mol. The third-order valence-electron chi connectivity index (χ3n) is 13.2. The molecule has 0 bridgehead atoms. The fourth-order valence-corrected chi connectivity index (χ4v) is 9.12. The summed E-state index contributed by atoms with van der Waals surface area (Å²) in [4.78, 5) is 23.3. The summed E-state index contributed by atoms with van der Waals surface area (Å²) in [5.74, 6) is -0.187. The summed E-state index contributed by atoms with van der Waals surface area (Å²) in [6, 6.07) is -0.858. The number of nitrogens with zero attached hydrogens (tertiary/aromatic N) is 1. The lowest BCUT2D eigenvalue weighted by Gasteiger charge is -2.25. The second kappa shape index (κ2) is 56.6. The van der Waals surface area contributed by atoms with Crippen molar-refractivity contribution in [1.82, 2.24) is 5.32 Å². The van der Waals surface area contributed by atoms with E-state index in [-0.39, 0.29) is 19.1 Å². The summed E-state index contributed by atoms with van der Waals surface area (Å²) in [6.45, 7) is 4.70. The predicted octanol–water partition coefficient (Wildman–Crippen LogP) is 19.3. The molecule has 3 atom stereocenters. The number of allylic oxidation sites excluding steroid dienone is 19. The zero-order chi connectivity index (χ0) is 55.6. The zero-order valence-electron chi connectivity index (χ0n) is 49.7. The minimum atomic E-state index is -4.36. The van der Waals surface area contributed by atoms with Crippen molar-refractivity contribution >= 4 is 13.7 Å². The molecule has 9 heteroatoms. The van der Waals surface area contributed by atoms with Crippen LogP contribution in [0.3, 0.4) is 0 Å². The Morgan fingerprint density at radius 3 is 1.16 bits per heavy atom. The summed E-state index contributed by atoms with van der Waals surface area (Å²) in [6.07, 6.45) is 84.4. The first-order chi connectivity index (χ1) is 37.0. The number of aliphatic hydroxyl groups excluding tert-OH is 1. The number of hydrogen-bond acceptors (Lipinski definition) is 5. The first-order valence-corrected chi connectivity index (χ1v) is 32.4. The van der Waals surface area contributed by atoms with Crippen LogP contribution >= 0.6 is 7.82 Å². The monoisotopic (exact) mass is 1080 g/mol. The number of amides is 1. The van der Waals surface area contributed by atoms with Gasteiger partial charge in [-0.1, -0.05) is 270 Å². The van der Waals surface area contributed by atoms with Crippen molar-refractivity contribution in [2.24, 2.45) is 0 Å². The summed E-state index contributed by atoms with van der Waals surface area (Å²) in [5, 5.41) is 13.9. The number of hydrogen-bond donors (Lipinski definition) is 3. The van der Waals surface area contributed by atoms with Crippen LogP contribution in [0.5, 0.6) is 0 Å². The van der Waals surface area contributed by atoms with E-state index >= 15 is 0 Å². The van der Waals surface area contributed by atoms with Gasteiger partial charge in [0.15, 0.2) is 0 Å². The molecule has 0 aromatic heterocycles. The highest BCUT2D eigenvalue weighted by atomic mass is 31.2. The molecule has 0 aliphatic heterocycles. The van der Waals surface area contributed by atoms with E-state index in [2.05, 4.69) is 129 Å². The molecule has 0 spiro atoms. The maximum Gasteiger partial charge on any atom is 0.472 e. The van der Waals surface area contributed by atoms with Crippen LogP contribution in [-0.2, 0) is 18.4 Å². The minimum absolute atomic E-state index is 0.0550. The van der Waals surface area contributed by atoms with Crippen LogP contribution in [0.25, 0.3) is 0 Å². The van der Waals surface area contributed by atoms with Crippen molar-refractivity contribution in [3.05, 3.63) is 122 Å². The van der Waals surface area contributed by atoms with Crippen molar-refractivity contribution < 1.29 is 32.9 Å². The first-order valence-electron chi connectivity index (χ1n) is 30.9. The molecule has 436 valence electrons. The van der Waals surface area contributed by atoms with Gasteiger partial charge in [-0.25, -0.2) is 4.57 Å². The molecule has 76 heavy (non-hydrogen) atoms. The Hall–Kier alpha value is -3.10. The van der Waals surface area contributed by atoms with Crippen LogP contribution < -0.4 is 5.32 Å². The minimum Gasteiger partial charge on any atom is -0.387 e. The summed E-state index contributed by atoms with van der Waals surface area (Å²) < 4.78 is 23.7. The molecule has 3 unspecified atom stereocenters. The van der Waals surface area contributed by atoms with Crippen LogP contribution in [0.15, 0.2) is 122 Å². The van der Waals surface area contributed by atoms with Crippen LogP contribution in [0.4, 0.5) is 0 Å². The van der Waals surface area contributed by atoms with Gasteiger partial charge < -0.3 is 19.8 Å². The van der Waals surface area contributed by atoms with E-state index in [9.17, 15) is 19.4 Å². The van der Waals surface area contributed by atoms with E-state index in [1.165, 1.54) is 122 Å². The number of phosphoric ester groups is 1. The van der Waals surface area contributed by atoms with E-state index < -0.39 is 20.0 Å². The zero-order valence-corrected chi connectivity index (χ0v) is 50.6. The number of rotatable bonds is 55. The number of phosphoric acid groups is 1. The normalized spacial score (nSPS) is 14.7. The van der Waals surface area contributed by atoms with Crippen LogP contribution in [0, 0.1) is 0 Å². The molecule has 0 saturated heterocycles. The van der Waals surface area contributed by atoms with Crippen LogP contribution in [0.1, 0.15) is 245 Å². The number of carbonyl (C=O) groups is 1. The molecule has 1 amide bonds. The van der Waals surface area contributed by atoms with Crippen molar-refractivity contribution in [1.29, 1.82) is 0 Å². The molecule has 0 fully saturated rings. The van der Waals surface area contributed by atoms with Gasteiger partial charge in [0.1, 0.15) is 13.2 Å². The topological polar surface area (TPSA) is 105 Å². The Balaban J connectivity index is 4.16. The van der Waals surface area contributed by atoms with Gasteiger partial charge >= 0.3 is 7.82 Å². The second-order valence-electron chi connectivity index (χ2n) is 21.7. The molecule has 0 radical (unpaired) electrons. The predicted molar refractivity (Wildman–Crippen MR) is 332 cm³/mol. The molecule has 0 heterocycles. The van der Waals surface area contributed by atoms with E-state index in [0.717, 1.165) is 103 Å². The van der Waals surface area contributed by atoms with E-state index in [4.69, 9.17) is 9.05 Å². The van der Waals surface area contributed by atoms with Gasteiger partial charge in [-0.3, -0.25) is 13.8 Å². The molecule has 3 N–H and O–H groups in total. The Kier molecular flexibility index (Phi) is 54.3. The smallest absolute Gasteiger partial charge is 0.387 e. The van der Waals surface area contributed by atoms with E-state index in [0.29, 0.717) is 17.4 Å². The maximum atomic E-state index is 13.0. The van der Waals surface area contributed by atoms with Crippen molar-refractivity contribution in [3.63, 3.8) is 0 Å². The Bertz CT molecular complexity index is 1650. The molecule has 0 saturated carbocycles. The Morgan fingerprint density at radius 2 is 0.789 bits per heavy atom. The third kappa shape index (κ3) is 58.6. The summed E-state index contributed by atoms with van der Waals surface area (Å²) in [5.41, 5.74) is 0. The molecular weight excluding hydrogens is 960 g/mol. The largest absolute Gasteiger partial charge is 0.472 e. The highest BCUT2D eigenvalue weighted by Gasteiger charge is 2.27. The lowest BCUT2D eigenvalue weighted by Crippen LogP contribution is -2.45. The van der Waals surface area contributed by atoms with E-state index in [1.807, 2.05) is 27.2 Å². The summed E-state index contributed by atoms with van der Waals surface area (Å²) >= 11 is 0. The maximum absolute atomic E-state index is 13.0. The molecule has 0 aliphatic rings. The number of likely N-dealkylation sites (N-methyl/N-ethyl adjacent to an activating group) is 1. The van der Waals surface area contributed by atoms with E-state index in [1.54, 1.807) is 6.08 Å². The molecule has 0 aliphatic carbocycles. The van der Waals surface area contributed by atoms with Gasteiger partial charge in [-0.05, 0) is 89.9 Å². The SMILES string of the molecule is CC/C=C\C/C=C\C/C=C\C/C=C\C/C=C\C/C=C\C/C=C\C/C=C\C/C=C\CCCCCCCCCCCC(=O)NC(COP(=O)(O)OCC[N+](C)(C)C)C(O)/C=C/CCCCCCCCCCCCCCCCC. The number of nitrogens with one attached hydrogen (secondary N) is 1. The third-order valence-corrected chi connectivity index (χ3v) is 14.2. The summed E-state index contributed by atoms with van der Waals surface area (Å²) in [7, 11) is 1.56. The van der Waals surface area contributed by atoms with Crippen molar-refractivity contribution in [2.45, 2.75) is 257 Å². The molecule has 0 aromatic carbocycles. The highest BCUT2D eigenvalue weighted by Crippen LogP contribution is 2.43. The molecule has 8 nitrogen and oxygen atoms in total. The van der Waals surface area contributed by atoms with Gasteiger partial charge in [0, 0.05) is 6.42 Å². The van der Waals surface area contributed by atoms with Crippen LogP contribution in [0.2, 0.25) is 0 Å². The highest BCUT2D eigenvalue weighted by molar-refractivity contribution is 7.47. The number of quaternary nitrogens is 1. The van der Waals surface area contributed by atoms with Gasteiger partial charge in [-0.2, -0.15) is 0 Å². The van der Waals surface area contributed by atoms with Crippen LogP contribution in [-0.4, -0.2) is 73.4 Å². The van der Waals surface area contributed by atoms with Gasteiger partial charge in [0.25, 0.3) is 0 Å². The van der Waals surface area contributed by atoms with Gasteiger partial charge in [0.2, 0.25) is 5.91 Å². The number of carbonyl (C=O) groups excluding carboxylic acids is 1. The Labute approximate surface area is 469 Å². The number of aliphatic hydroxyl groups is 1. The molecular formula is C67H118N2O6P+. The molecule has 0 rings (SSSR count). The second-order valence-corrected chi connectivity index (χ2v) is 23.2. The fraction of sp³-hybridized carbons (Fsp3) is 0.687. The Morgan fingerprint density at radius 1 is 0.461 bits per heavy atom. The lowest BCUT2D eigenvalue weighted by atomic mass is 10.0. The quantitative estimate of drug-likeness (QED) is 0.0243. The standard InChI is InChI=1S/C67H117N2O6P/c1-6-8-10-12-14-16-18-20-22-24-25-26-27-28-29-30-31-32-33-34-35-36-37-38-39-40-41-42-43-45-47-49-51-53-55-57-59-61-67(71)68-65(64-75-76(72,73)74-63-62-69(3,4)5)66(70)60-58-56-54-52-50-48-46-44-23-21-19-17-15-13-11-9-7-2/h8,10,14,16,20,22,25-26,28-29,31-32,34-35,37-38,40-41,58,60,65-66,70H,6-7,9,11-13,15,17-19,21,23-24,27,30,33,36,39,42-57,59,61-64H2,1-5H3,(H-,68,71,72,73)/p+1/b10-8-,16-14-,22-20-,26-25-,29-28-,32-31-,35-34-,38-37-,41-40-,60-58+.